The molecule has 1 N–H and O–H groups in total. The van der Waals surface area contributed by atoms with Crippen LogP contribution in [0.3, 0.4) is 0 Å². The van der Waals surface area contributed by atoms with E-state index in [0.717, 1.165) is 18.5 Å². The molecule has 0 aliphatic carbocycles. The first-order valence-corrected chi connectivity index (χ1v) is 4.21. The summed E-state index contributed by atoms with van der Waals surface area (Å²) in [6, 6.07) is 1.82. The number of rotatable bonds is 3. The lowest BCUT2D eigenvalue weighted by Crippen LogP contribution is -2.07. The van der Waals surface area contributed by atoms with Crippen LogP contribution in [0.25, 0.3) is 0 Å². The smallest absolute Gasteiger partial charge is 0.373 e. The van der Waals surface area contributed by atoms with Crippen molar-refractivity contribution in [2.24, 2.45) is 0 Å². The molecule has 1 aromatic rings. The van der Waals surface area contributed by atoms with E-state index in [1.807, 2.05) is 13.0 Å². The van der Waals surface area contributed by atoms with Crippen LogP contribution >= 0.6 is 0 Å². The van der Waals surface area contributed by atoms with E-state index < -0.39 is 5.97 Å². The molecule has 1 rings (SSSR count). The lowest BCUT2D eigenvalue weighted by atomic mass is 10.2. The zero-order chi connectivity index (χ0) is 9.84. The van der Waals surface area contributed by atoms with E-state index >= 15 is 0 Å². The number of nitrogens with zero attached hydrogens (tertiary/aromatic N) is 2. The van der Waals surface area contributed by atoms with Gasteiger partial charge in [0.05, 0.1) is 0 Å². The van der Waals surface area contributed by atoms with Gasteiger partial charge in [-0.25, -0.2) is 14.8 Å². The summed E-state index contributed by atoms with van der Waals surface area (Å²) in [5.41, 5.74) is 1.50. The Labute approximate surface area is 76.7 Å². The molecule has 70 valence electrons. The van der Waals surface area contributed by atoms with Crippen LogP contribution in [-0.2, 0) is 6.42 Å². The molecule has 0 aliphatic rings. The summed E-state index contributed by atoms with van der Waals surface area (Å²) in [5, 5.41) is 8.68. The zero-order valence-corrected chi connectivity index (χ0v) is 7.74. The lowest BCUT2D eigenvalue weighted by molar-refractivity contribution is 0.0682. The molecule has 0 fully saturated rings. The Bertz CT molecular complexity index is 323. The molecule has 0 amide bonds. The van der Waals surface area contributed by atoms with Gasteiger partial charge in [0.1, 0.15) is 0 Å². The van der Waals surface area contributed by atoms with Crippen LogP contribution in [0.5, 0.6) is 0 Å². The van der Waals surface area contributed by atoms with Crippen molar-refractivity contribution in [1.29, 1.82) is 0 Å². The van der Waals surface area contributed by atoms with Crippen LogP contribution in [0, 0.1) is 6.92 Å². The van der Waals surface area contributed by atoms with Gasteiger partial charge in [-0.05, 0) is 19.4 Å². The standard InChI is InChI=1S/C9H12N2O2/c1-3-4-7-5-6(2)10-8(11-7)9(12)13/h5H,3-4H2,1-2H3,(H,12,13). The Hall–Kier alpha value is -1.45. The summed E-state index contributed by atoms with van der Waals surface area (Å²) in [6.07, 6.45) is 1.75. The second-order valence-corrected chi connectivity index (χ2v) is 2.88. The highest BCUT2D eigenvalue weighted by Gasteiger charge is 2.08. The molecule has 13 heavy (non-hydrogen) atoms. The van der Waals surface area contributed by atoms with E-state index in [1.54, 1.807) is 6.92 Å². The number of carboxylic acid groups (broad SMARTS) is 1. The van der Waals surface area contributed by atoms with E-state index in [9.17, 15) is 4.79 Å². The van der Waals surface area contributed by atoms with Gasteiger partial charge >= 0.3 is 5.97 Å². The van der Waals surface area contributed by atoms with Crippen LogP contribution in [0.2, 0.25) is 0 Å². The number of carbonyl (C=O) groups is 1. The van der Waals surface area contributed by atoms with Crippen LogP contribution in [0.4, 0.5) is 0 Å². The average molecular weight is 180 g/mol. The molecule has 4 nitrogen and oxygen atoms in total. The third-order valence-corrected chi connectivity index (χ3v) is 1.60. The normalized spacial score (nSPS) is 10.0. The molecule has 0 spiro atoms. The minimum Gasteiger partial charge on any atom is -0.475 e. The van der Waals surface area contributed by atoms with Gasteiger partial charge in [-0.3, -0.25) is 0 Å². The Morgan fingerprint density at radius 1 is 1.54 bits per heavy atom. The molecule has 0 atom stereocenters. The van der Waals surface area contributed by atoms with Gasteiger partial charge in [0.15, 0.2) is 0 Å². The second-order valence-electron chi connectivity index (χ2n) is 2.88. The predicted octanol–water partition coefficient (Wildman–Crippen LogP) is 1.44. The number of aryl methyl sites for hydroxylation is 2. The van der Waals surface area contributed by atoms with Crippen molar-refractivity contribution in [3.8, 4) is 0 Å². The van der Waals surface area contributed by atoms with Crippen molar-refractivity contribution in [1.82, 2.24) is 9.97 Å². The summed E-state index contributed by atoms with van der Waals surface area (Å²) >= 11 is 0. The van der Waals surface area contributed by atoms with Gasteiger partial charge in [-0.2, -0.15) is 0 Å². The molecule has 0 saturated heterocycles. The molecule has 0 unspecified atom stereocenters. The summed E-state index contributed by atoms with van der Waals surface area (Å²) in [5.74, 6) is -1.18. The summed E-state index contributed by atoms with van der Waals surface area (Å²) in [7, 11) is 0. The van der Waals surface area contributed by atoms with Gasteiger partial charge in [0.2, 0.25) is 5.82 Å². The summed E-state index contributed by atoms with van der Waals surface area (Å²) < 4.78 is 0. The quantitative estimate of drug-likeness (QED) is 0.764. The first-order chi connectivity index (χ1) is 6.13. The number of aromatic nitrogens is 2. The first kappa shape index (κ1) is 9.64. The molecule has 0 bridgehead atoms. The topological polar surface area (TPSA) is 63.1 Å². The monoisotopic (exact) mass is 180 g/mol. The Kier molecular flexibility index (Phi) is 2.95. The van der Waals surface area contributed by atoms with E-state index in [-0.39, 0.29) is 5.82 Å². The van der Waals surface area contributed by atoms with Gasteiger partial charge in [-0.15, -0.1) is 0 Å². The summed E-state index contributed by atoms with van der Waals surface area (Å²) in [4.78, 5) is 18.3. The van der Waals surface area contributed by atoms with Crippen molar-refractivity contribution in [3.05, 3.63) is 23.3 Å². The molecule has 0 radical (unpaired) electrons. The maximum Gasteiger partial charge on any atom is 0.373 e. The predicted molar refractivity (Wildman–Crippen MR) is 47.7 cm³/mol. The van der Waals surface area contributed by atoms with E-state index in [0.29, 0.717) is 5.69 Å². The first-order valence-electron chi connectivity index (χ1n) is 4.21. The SMILES string of the molecule is CCCc1cc(C)nc(C(=O)O)n1. The molecule has 0 aliphatic heterocycles. The Morgan fingerprint density at radius 2 is 2.23 bits per heavy atom. The van der Waals surface area contributed by atoms with Gasteiger partial charge in [0.25, 0.3) is 0 Å². The van der Waals surface area contributed by atoms with Gasteiger partial charge < -0.3 is 5.11 Å². The highest BCUT2D eigenvalue weighted by atomic mass is 16.4. The number of hydrogen-bond acceptors (Lipinski definition) is 3. The van der Waals surface area contributed by atoms with Crippen LogP contribution in [-0.4, -0.2) is 21.0 Å². The Morgan fingerprint density at radius 3 is 2.77 bits per heavy atom. The molecular weight excluding hydrogens is 168 g/mol. The van der Waals surface area contributed by atoms with Crippen molar-refractivity contribution in [2.45, 2.75) is 26.7 Å². The van der Waals surface area contributed by atoms with E-state index in [4.69, 9.17) is 5.11 Å². The minimum absolute atomic E-state index is 0.108. The van der Waals surface area contributed by atoms with Crippen LogP contribution in [0.15, 0.2) is 6.07 Å². The Balaban J connectivity index is 3.03. The fraction of sp³-hybridized carbons (Fsp3) is 0.444. The second kappa shape index (κ2) is 3.98. The summed E-state index contributed by atoms with van der Waals surface area (Å²) in [6.45, 7) is 3.80. The average Bonchev–Trinajstić information content (AvgIpc) is 2.03. The van der Waals surface area contributed by atoms with Gasteiger partial charge in [0, 0.05) is 11.4 Å². The fourth-order valence-corrected chi connectivity index (χ4v) is 1.11. The molecule has 1 heterocycles. The van der Waals surface area contributed by atoms with Crippen LogP contribution < -0.4 is 0 Å². The highest BCUT2D eigenvalue weighted by Crippen LogP contribution is 2.03. The van der Waals surface area contributed by atoms with Crippen molar-refractivity contribution in [3.63, 3.8) is 0 Å². The number of hydrogen-bond donors (Lipinski definition) is 1. The molecule has 1 aromatic heterocycles. The van der Waals surface area contributed by atoms with Crippen molar-refractivity contribution < 1.29 is 9.90 Å². The largest absolute Gasteiger partial charge is 0.475 e. The van der Waals surface area contributed by atoms with Crippen LogP contribution in [0.1, 0.15) is 35.4 Å². The maximum atomic E-state index is 10.6. The van der Waals surface area contributed by atoms with E-state index in [2.05, 4.69) is 9.97 Å². The molecule has 0 aromatic carbocycles. The third-order valence-electron chi connectivity index (χ3n) is 1.60. The number of carboxylic acids is 1. The molecule has 0 saturated carbocycles. The highest BCUT2D eigenvalue weighted by molar-refractivity contribution is 5.83. The van der Waals surface area contributed by atoms with Crippen molar-refractivity contribution >= 4 is 5.97 Å². The number of aromatic carboxylic acids is 1. The minimum atomic E-state index is -1.07. The third kappa shape index (κ3) is 2.50. The maximum absolute atomic E-state index is 10.6. The fourth-order valence-electron chi connectivity index (χ4n) is 1.11. The molecule has 4 heteroatoms. The zero-order valence-electron chi connectivity index (χ0n) is 7.74. The molecular formula is C9H12N2O2. The van der Waals surface area contributed by atoms with Crippen molar-refractivity contribution in [2.75, 3.05) is 0 Å². The van der Waals surface area contributed by atoms with E-state index in [1.165, 1.54) is 0 Å². The lowest BCUT2D eigenvalue weighted by Gasteiger charge is -2.00. The van der Waals surface area contributed by atoms with Gasteiger partial charge in [-0.1, -0.05) is 13.3 Å².